The van der Waals surface area contributed by atoms with Gasteiger partial charge in [0.15, 0.2) is 11.5 Å². The Morgan fingerprint density at radius 3 is 2.71 bits per heavy atom. The Balaban J connectivity index is 1.82. The number of ketones is 1. The molecular formula is C17H20ClNO2. The largest absolute Gasteiger partial charge is 0.453 e. The molecule has 0 saturated heterocycles. The van der Waals surface area contributed by atoms with Crippen molar-refractivity contribution in [2.24, 2.45) is 11.1 Å². The van der Waals surface area contributed by atoms with E-state index in [1.54, 1.807) is 18.2 Å². The predicted molar refractivity (Wildman–Crippen MR) is 84.7 cm³/mol. The smallest absolute Gasteiger partial charge is 0.198 e. The molecule has 0 atom stereocenters. The van der Waals surface area contributed by atoms with Crippen molar-refractivity contribution in [2.45, 2.75) is 38.5 Å². The summed E-state index contributed by atoms with van der Waals surface area (Å²) in [5.74, 6) is 0.473. The number of hydrogen-bond acceptors (Lipinski definition) is 3. The van der Waals surface area contributed by atoms with Crippen LogP contribution in [0.25, 0.3) is 11.0 Å². The Morgan fingerprint density at radius 1 is 1.24 bits per heavy atom. The molecule has 2 N–H and O–H groups in total. The van der Waals surface area contributed by atoms with E-state index in [1.165, 1.54) is 19.3 Å². The summed E-state index contributed by atoms with van der Waals surface area (Å²) < 4.78 is 5.67. The minimum absolute atomic E-state index is 0.0358. The predicted octanol–water partition coefficient (Wildman–Crippen LogP) is 4.57. The second-order valence-electron chi connectivity index (χ2n) is 6.16. The second-order valence-corrected chi connectivity index (χ2v) is 6.59. The highest BCUT2D eigenvalue weighted by atomic mass is 35.5. The van der Waals surface area contributed by atoms with Crippen LogP contribution in [-0.4, -0.2) is 12.3 Å². The monoisotopic (exact) mass is 305 g/mol. The first-order chi connectivity index (χ1) is 10.1. The highest BCUT2D eigenvalue weighted by molar-refractivity contribution is 6.31. The van der Waals surface area contributed by atoms with Gasteiger partial charge in [0, 0.05) is 16.8 Å². The molecule has 0 aliphatic heterocycles. The van der Waals surface area contributed by atoms with Crippen LogP contribution in [-0.2, 0) is 0 Å². The zero-order valence-corrected chi connectivity index (χ0v) is 12.8. The van der Waals surface area contributed by atoms with Crippen molar-refractivity contribution in [3.05, 3.63) is 35.0 Å². The standard InChI is InChI=1S/C17H20ClNO2/c18-13-4-5-15-12(8-13)9-16(21-15)14(20)10-17(11-19)6-2-1-3-7-17/h4-5,8-9H,1-3,6-7,10-11,19H2. The van der Waals surface area contributed by atoms with E-state index < -0.39 is 0 Å². The number of benzene rings is 1. The molecule has 0 unspecified atom stereocenters. The second kappa shape index (κ2) is 5.82. The van der Waals surface area contributed by atoms with E-state index in [0.29, 0.717) is 29.3 Å². The van der Waals surface area contributed by atoms with Crippen LogP contribution in [0.3, 0.4) is 0 Å². The Kier molecular flexibility index (Phi) is 4.05. The van der Waals surface area contributed by atoms with Gasteiger partial charge in [0.25, 0.3) is 0 Å². The van der Waals surface area contributed by atoms with Crippen molar-refractivity contribution in [1.82, 2.24) is 0 Å². The normalized spacial score (nSPS) is 18.0. The molecule has 1 saturated carbocycles. The molecule has 0 spiro atoms. The Morgan fingerprint density at radius 2 is 2.00 bits per heavy atom. The third-order valence-corrected chi connectivity index (χ3v) is 4.87. The van der Waals surface area contributed by atoms with Gasteiger partial charge in [0.1, 0.15) is 5.58 Å². The lowest BCUT2D eigenvalue weighted by atomic mass is 9.71. The summed E-state index contributed by atoms with van der Waals surface area (Å²) in [6.45, 7) is 0.574. The van der Waals surface area contributed by atoms with E-state index in [0.717, 1.165) is 18.2 Å². The zero-order chi connectivity index (χ0) is 14.9. The average molecular weight is 306 g/mol. The van der Waals surface area contributed by atoms with E-state index >= 15 is 0 Å². The van der Waals surface area contributed by atoms with E-state index in [9.17, 15) is 4.79 Å². The molecule has 1 aliphatic rings. The van der Waals surface area contributed by atoms with Gasteiger partial charge in [-0.05, 0) is 49.1 Å². The minimum atomic E-state index is -0.0358. The molecule has 2 aromatic rings. The molecule has 112 valence electrons. The van der Waals surface area contributed by atoms with Crippen molar-refractivity contribution < 1.29 is 9.21 Å². The lowest BCUT2D eigenvalue weighted by molar-refractivity contribution is 0.0842. The number of Topliss-reactive ketones (excluding diaryl/α,β-unsaturated/α-hetero) is 1. The maximum Gasteiger partial charge on any atom is 0.198 e. The maximum absolute atomic E-state index is 12.5. The van der Waals surface area contributed by atoms with Crippen LogP contribution in [0.15, 0.2) is 28.7 Å². The molecule has 21 heavy (non-hydrogen) atoms. The fourth-order valence-corrected chi connectivity index (χ4v) is 3.51. The van der Waals surface area contributed by atoms with Crippen molar-refractivity contribution in [3.8, 4) is 0 Å². The molecule has 1 aliphatic carbocycles. The fraction of sp³-hybridized carbons (Fsp3) is 0.471. The fourth-order valence-electron chi connectivity index (χ4n) is 3.33. The molecule has 1 aromatic carbocycles. The molecule has 1 heterocycles. The third-order valence-electron chi connectivity index (χ3n) is 4.64. The number of halogens is 1. The molecule has 0 amide bonds. The van der Waals surface area contributed by atoms with Gasteiger partial charge in [-0.25, -0.2) is 0 Å². The summed E-state index contributed by atoms with van der Waals surface area (Å²) in [6.07, 6.45) is 6.15. The molecule has 1 fully saturated rings. The Hall–Kier alpha value is -1.32. The lowest BCUT2D eigenvalue weighted by Gasteiger charge is -2.35. The number of rotatable bonds is 4. The molecule has 0 bridgehead atoms. The van der Waals surface area contributed by atoms with Crippen LogP contribution in [0.5, 0.6) is 0 Å². The van der Waals surface area contributed by atoms with Gasteiger partial charge in [-0.2, -0.15) is 0 Å². The summed E-state index contributed by atoms with van der Waals surface area (Å²) in [4.78, 5) is 12.5. The molecule has 0 radical (unpaired) electrons. The van der Waals surface area contributed by atoms with Crippen molar-refractivity contribution in [2.75, 3.05) is 6.54 Å². The number of carbonyl (C=O) groups excluding carboxylic acids is 1. The first-order valence-corrected chi connectivity index (χ1v) is 7.92. The van der Waals surface area contributed by atoms with Crippen molar-refractivity contribution >= 4 is 28.4 Å². The number of carbonyl (C=O) groups is 1. The number of furan rings is 1. The molecule has 1 aromatic heterocycles. The summed E-state index contributed by atoms with van der Waals surface area (Å²) in [6, 6.07) is 7.17. The van der Waals surface area contributed by atoms with E-state index in [2.05, 4.69) is 0 Å². The molecule has 4 heteroatoms. The maximum atomic E-state index is 12.5. The quantitative estimate of drug-likeness (QED) is 0.842. The van der Waals surface area contributed by atoms with E-state index in [1.807, 2.05) is 6.07 Å². The summed E-state index contributed by atoms with van der Waals surface area (Å²) in [5, 5.41) is 1.52. The van der Waals surface area contributed by atoms with Gasteiger partial charge < -0.3 is 10.2 Å². The van der Waals surface area contributed by atoms with Gasteiger partial charge in [-0.3, -0.25) is 4.79 Å². The van der Waals surface area contributed by atoms with Gasteiger partial charge >= 0.3 is 0 Å². The van der Waals surface area contributed by atoms with Gasteiger partial charge in [-0.15, -0.1) is 0 Å². The summed E-state index contributed by atoms with van der Waals surface area (Å²) >= 11 is 5.96. The lowest BCUT2D eigenvalue weighted by Crippen LogP contribution is -2.35. The van der Waals surface area contributed by atoms with Crippen LogP contribution in [0.2, 0.25) is 5.02 Å². The number of nitrogens with two attached hydrogens (primary N) is 1. The molecular weight excluding hydrogens is 286 g/mol. The first kappa shape index (κ1) is 14.6. The van der Waals surface area contributed by atoms with Crippen LogP contribution in [0.4, 0.5) is 0 Å². The average Bonchev–Trinajstić information content (AvgIpc) is 2.91. The van der Waals surface area contributed by atoms with E-state index in [-0.39, 0.29) is 11.2 Å². The first-order valence-electron chi connectivity index (χ1n) is 7.54. The molecule has 3 nitrogen and oxygen atoms in total. The SMILES string of the molecule is NCC1(CC(=O)c2cc3cc(Cl)ccc3o2)CCCCC1. The van der Waals surface area contributed by atoms with Crippen LogP contribution in [0.1, 0.15) is 49.1 Å². The Labute approximate surface area is 129 Å². The van der Waals surface area contributed by atoms with Crippen molar-refractivity contribution in [3.63, 3.8) is 0 Å². The van der Waals surface area contributed by atoms with Crippen molar-refractivity contribution in [1.29, 1.82) is 0 Å². The number of hydrogen-bond donors (Lipinski definition) is 1. The number of fused-ring (bicyclic) bond motifs is 1. The van der Waals surface area contributed by atoms with Crippen LogP contribution in [0, 0.1) is 5.41 Å². The molecule has 3 rings (SSSR count). The minimum Gasteiger partial charge on any atom is -0.453 e. The van der Waals surface area contributed by atoms with Gasteiger partial charge in [0.05, 0.1) is 0 Å². The topological polar surface area (TPSA) is 56.2 Å². The third kappa shape index (κ3) is 2.99. The summed E-state index contributed by atoms with van der Waals surface area (Å²) in [7, 11) is 0. The highest BCUT2D eigenvalue weighted by Gasteiger charge is 2.34. The van der Waals surface area contributed by atoms with Crippen LogP contribution >= 0.6 is 11.6 Å². The highest BCUT2D eigenvalue weighted by Crippen LogP contribution is 2.39. The Bertz CT molecular complexity index is 656. The van der Waals surface area contributed by atoms with E-state index in [4.69, 9.17) is 21.8 Å². The van der Waals surface area contributed by atoms with Gasteiger partial charge in [0.2, 0.25) is 0 Å². The summed E-state index contributed by atoms with van der Waals surface area (Å²) in [5.41, 5.74) is 6.63. The van der Waals surface area contributed by atoms with Gasteiger partial charge in [-0.1, -0.05) is 30.9 Å². The van der Waals surface area contributed by atoms with Crippen LogP contribution < -0.4 is 5.73 Å². The zero-order valence-electron chi connectivity index (χ0n) is 12.0.